The van der Waals surface area contributed by atoms with Crippen LogP contribution in [-0.2, 0) is 4.74 Å². The quantitative estimate of drug-likeness (QED) is 0.682. The third-order valence-electron chi connectivity index (χ3n) is 4.47. The first-order chi connectivity index (χ1) is 12.2. The molecule has 26 heavy (non-hydrogen) atoms. The molecule has 0 aliphatic carbocycles. The number of halogens is 1. The van der Waals surface area contributed by atoms with E-state index in [9.17, 15) is 4.79 Å². The van der Waals surface area contributed by atoms with Gasteiger partial charge in [0.15, 0.2) is 0 Å². The van der Waals surface area contributed by atoms with E-state index in [1.54, 1.807) is 4.90 Å². The Morgan fingerprint density at radius 2 is 2.00 bits per heavy atom. The Bertz CT molecular complexity index is 581. The predicted molar refractivity (Wildman–Crippen MR) is 105 cm³/mol. The van der Waals surface area contributed by atoms with Gasteiger partial charge in [-0.1, -0.05) is 17.7 Å². The van der Waals surface area contributed by atoms with E-state index < -0.39 is 5.60 Å². The average molecular weight is 383 g/mol. The zero-order valence-electron chi connectivity index (χ0n) is 16.3. The number of rotatable bonds is 6. The number of hydrogen-bond acceptors (Lipinski definition) is 4. The first kappa shape index (κ1) is 20.8. The van der Waals surface area contributed by atoms with Crippen molar-refractivity contribution in [1.29, 1.82) is 0 Å². The summed E-state index contributed by atoms with van der Waals surface area (Å²) in [6.07, 6.45) is 2.69. The zero-order chi connectivity index (χ0) is 19.2. The van der Waals surface area contributed by atoms with Gasteiger partial charge in [-0.2, -0.15) is 0 Å². The molecule has 146 valence electrons. The lowest BCUT2D eigenvalue weighted by atomic mass is 10.0. The Kier molecular flexibility index (Phi) is 7.59. The minimum atomic E-state index is -0.449. The van der Waals surface area contributed by atoms with Crippen LogP contribution in [0.15, 0.2) is 24.3 Å². The maximum Gasteiger partial charge on any atom is 0.410 e. The van der Waals surface area contributed by atoms with Crippen LogP contribution in [0, 0.1) is 0 Å². The highest BCUT2D eigenvalue weighted by Gasteiger charge is 2.28. The standard InChI is InChI=1S/C20H31ClN2O3/c1-20(2,3)26-19(24)22(4)17-9-12-23(13-10-17)11-6-14-25-18-8-5-7-16(21)15-18/h5,7-8,15,17H,6,9-14H2,1-4H3. The molecule has 0 N–H and O–H groups in total. The Hall–Kier alpha value is -1.46. The molecule has 6 heteroatoms. The molecule has 0 radical (unpaired) electrons. The van der Waals surface area contributed by atoms with Crippen molar-refractivity contribution in [1.82, 2.24) is 9.80 Å². The number of ether oxygens (including phenoxy) is 2. The van der Waals surface area contributed by atoms with E-state index in [4.69, 9.17) is 21.1 Å². The third-order valence-corrected chi connectivity index (χ3v) is 4.70. The molecule has 2 rings (SSSR count). The molecule has 0 unspecified atom stereocenters. The van der Waals surface area contributed by atoms with Crippen molar-refractivity contribution in [3.05, 3.63) is 29.3 Å². The van der Waals surface area contributed by atoms with Crippen molar-refractivity contribution in [2.24, 2.45) is 0 Å². The molecule has 0 atom stereocenters. The van der Waals surface area contributed by atoms with Gasteiger partial charge in [-0.3, -0.25) is 0 Å². The fraction of sp³-hybridized carbons (Fsp3) is 0.650. The highest BCUT2D eigenvalue weighted by atomic mass is 35.5. The van der Waals surface area contributed by atoms with Gasteiger partial charge < -0.3 is 19.3 Å². The van der Waals surface area contributed by atoms with Crippen molar-refractivity contribution in [3.8, 4) is 5.75 Å². The molecule has 1 saturated heterocycles. The monoisotopic (exact) mass is 382 g/mol. The van der Waals surface area contributed by atoms with E-state index >= 15 is 0 Å². The number of carbonyl (C=O) groups is 1. The van der Waals surface area contributed by atoms with Gasteiger partial charge in [-0.15, -0.1) is 0 Å². The van der Waals surface area contributed by atoms with E-state index in [0.717, 1.165) is 44.6 Å². The van der Waals surface area contributed by atoms with Crippen molar-refractivity contribution >= 4 is 17.7 Å². The topological polar surface area (TPSA) is 42.0 Å². The molecule has 5 nitrogen and oxygen atoms in total. The van der Waals surface area contributed by atoms with Gasteiger partial charge in [-0.25, -0.2) is 4.79 Å². The second-order valence-electron chi connectivity index (χ2n) is 7.82. The second-order valence-corrected chi connectivity index (χ2v) is 8.26. The molecule has 0 spiro atoms. The first-order valence-corrected chi connectivity index (χ1v) is 9.69. The number of hydrogen-bond donors (Lipinski definition) is 0. The molecular weight excluding hydrogens is 352 g/mol. The van der Waals surface area contributed by atoms with Crippen LogP contribution in [0.3, 0.4) is 0 Å². The van der Waals surface area contributed by atoms with Crippen molar-refractivity contribution in [2.45, 2.75) is 51.7 Å². The number of nitrogens with zero attached hydrogens (tertiary/aromatic N) is 2. The fourth-order valence-electron chi connectivity index (χ4n) is 3.05. The number of carbonyl (C=O) groups excluding carboxylic acids is 1. The van der Waals surface area contributed by atoms with Gasteiger partial charge in [0.2, 0.25) is 0 Å². The second kappa shape index (κ2) is 9.47. The lowest BCUT2D eigenvalue weighted by molar-refractivity contribution is 0.0151. The number of piperidine rings is 1. The molecule has 1 aliphatic heterocycles. The fourth-order valence-corrected chi connectivity index (χ4v) is 3.23. The molecule has 1 aromatic rings. The maximum atomic E-state index is 12.2. The number of amides is 1. The Morgan fingerprint density at radius 1 is 1.31 bits per heavy atom. The van der Waals surface area contributed by atoms with E-state index in [1.807, 2.05) is 52.1 Å². The summed E-state index contributed by atoms with van der Waals surface area (Å²) in [6.45, 7) is 9.36. The van der Waals surface area contributed by atoms with Crippen LogP contribution < -0.4 is 4.74 Å². The number of benzene rings is 1. The summed E-state index contributed by atoms with van der Waals surface area (Å²) >= 11 is 5.95. The highest BCUT2D eigenvalue weighted by Crippen LogP contribution is 2.19. The van der Waals surface area contributed by atoms with Crippen LogP contribution >= 0.6 is 11.6 Å². The summed E-state index contributed by atoms with van der Waals surface area (Å²) in [6, 6.07) is 7.74. The highest BCUT2D eigenvalue weighted by molar-refractivity contribution is 6.30. The largest absolute Gasteiger partial charge is 0.493 e. The summed E-state index contributed by atoms with van der Waals surface area (Å²) in [5.41, 5.74) is -0.449. The molecule has 1 amide bonds. The predicted octanol–water partition coefficient (Wildman–Crippen LogP) is 4.44. The summed E-state index contributed by atoms with van der Waals surface area (Å²) in [5.74, 6) is 0.815. The van der Waals surface area contributed by atoms with E-state index in [2.05, 4.69) is 4.90 Å². The van der Waals surface area contributed by atoms with Gasteiger partial charge in [0.05, 0.1) is 6.61 Å². The Morgan fingerprint density at radius 3 is 2.62 bits per heavy atom. The van der Waals surface area contributed by atoms with Crippen molar-refractivity contribution < 1.29 is 14.3 Å². The molecule has 0 aromatic heterocycles. The molecule has 1 aromatic carbocycles. The normalized spacial score (nSPS) is 16.3. The van der Waals surface area contributed by atoms with E-state index in [0.29, 0.717) is 11.6 Å². The van der Waals surface area contributed by atoms with Crippen LogP contribution in [0.25, 0.3) is 0 Å². The van der Waals surface area contributed by atoms with E-state index in [1.165, 1.54) is 0 Å². The van der Waals surface area contributed by atoms with E-state index in [-0.39, 0.29) is 12.1 Å². The molecule has 0 saturated carbocycles. The molecular formula is C20H31ClN2O3. The van der Waals surface area contributed by atoms with Crippen molar-refractivity contribution in [3.63, 3.8) is 0 Å². The van der Waals surface area contributed by atoms with Crippen LogP contribution in [0.1, 0.15) is 40.0 Å². The SMILES string of the molecule is CN(C(=O)OC(C)(C)C)C1CCN(CCCOc2cccc(Cl)c2)CC1. The smallest absolute Gasteiger partial charge is 0.410 e. The first-order valence-electron chi connectivity index (χ1n) is 9.31. The minimum Gasteiger partial charge on any atom is -0.493 e. The maximum absolute atomic E-state index is 12.2. The van der Waals surface area contributed by atoms with Gasteiger partial charge in [0, 0.05) is 37.7 Å². The molecule has 1 fully saturated rings. The minimum absolute atomic E-state index is 0.231. The van der Waals surface area contributed by atoms with Crippen LogP contribution in [0.5, 0.6) is 5.75 Å². The van der Waals surface area contributed by atoms with Gasteiger partial charge in [0.25, 0.3) is 0 Å². The van der Waals surface area contributed by atoms with Gasteiger partial charge >= 0.3 is 6.09 Å². The molecule has 1 aliphatic rings. The number of likely N-dealkylation sites (tertiary alicyclic amines) is 1. The zero-order valence-corrected chi connectivity index (χ0v) is 17.1. The van der Waals surface area contributed by atoms with Crippen LogP contribution in [0.4, 0.5) is 4.79 Å². The van der Waals surface area contributed by atoms with Crippen molar-refractivity contribution in [2.75, 3.05) is 33.3 Å². The van der Waals surface area contributed by atoms with Gasteiger partial charge in [0.1, 0.15) is 11.4 Å². The Labute approximate surface area is 162 Å². The van der Waals surface area contributed by atoms with Crippen LogP contribution in [0.2, 0.25) is 5.02 Å². The summed E-state index contributed by atoms with van der Waals surface area (Å²) in [4.78, 5) is 16.4. The van der Waals surface area contributed by atoms with Crippen LogP contribution in [-0.4, -0.2) is 60.8 Å². The Balaban J connectivity index is 1.64. The summed E-state index contributed by atoms with van der Waals surface area (Å²) in [7, 11) is 1.84. The third kappa shape index (κ3) is 7.04. The lowest BCUT2D eigenvalue weighted by Gasteiger charge is -2.37. The summed E-state index contributed by atoms with van der Waals surface area (Å²) in [5, 5.41) is 0.693. The lowest BCUT2D eigenvalue weighted by Crippen LogP contribution is -2.47. The van der Waals surface area contributed by atoms with Gasteiger partial charge in [-0.05, 0) is 58.2 Å². The average Bonchev–Trinajstić information content (AvgIpc) is 2.57. The molecule has 0 bridgehead atoms. The molecule has 1 heterocycles. The summed E-state index contributed by atoms with van der Waals surface area (Å²) < 4.78 is 11.2.